The summed E-state index contributed by atoms with van der Waals surface area (Å²) < 4.78 is 28.5. The highest BCUT2D eigenvalue weighted by molar-refractivity contribution is 6.06. The molecule has 0 bridgehead atoms. The molecule has 0 saturated carbocycles. The third-order valence-electron chi connectivity index (χ3n) is 5.46. The lowest BCUT2D eigenvalue weighted by atomic mass is 9.88. The summed E-state index contributed by atoms with van der Waals surface area (Å²) >= 11 is 0. The van der Waals surface area contributed by atoms with Crippen molar-refractivity contribution in [1.82, 2.24) is 0 Å². The van der Waals surface area contributed by atoms with Crippen molar-refractivity contribution in [3.63, 3.8) is 0 Å². The lowest BCUT2D eigenvalue weighted by molar-refractivity contribution is 0.0175. The van der Waals surface area contributed by atoms with Gasteiger partial charge >= 0.3 is 0 Å². The van der Waals surface area contributed by atoms with Crippen molar-refractivity contribution in [3.8, 4) is 11.1 Å². The van der Waals surface area contributed by atoms with Gasteiger partial charge in [-0.1, -0.05) is 61.2 Å². The molecule has 3 aromatic carbocycles. The van der Waals surface area contributed by atoms with E-state index in [9.17, 15) is 8.78 Å². The van der Waals surface area contributed by atoms with Crippen LogP contribution >= 0.6 is 0 Å². The second-order valence-corrected chi connectivity index (χ2v) is 8.20. The van der Waals surface area contributed by atoms with Gasteiger partial charge in [-0.15, -0.1) is 0 Å². The third-order valence-corrected chi connectivity index (χ3v) is 5.46. The van der Waals surface area contributed by atoms with E-state index in [0.29, 0.717) is 11.3 Å². The first-order chi connectivity index (χ1) is 15.0. The Labute approximate surface area is 188 Å². The Bertz CT molecular complexity index is 1230. The van der Waals surface area contributed by atoms with Gasteiger partial charge in [0.15, 0.2) is 0 Å². The SMILES string of the molecule is C=C(N)c1ccc(-c2cc(C(C)(F)F)ccc2C(C)=Nc2ccccc2C)c(C(=C)C)c1. The van der Waals surface area contributed by atoms with E-state index in [2.05, 4.69) is 13.2 Å². The second kappa shape index (κ2) is 8.91. The Morgan fingerprint density at radius 1 is 0.906 bits per heavy atom. The first kappa shape index (κ1) is 23.1. The predicted molar refractivity (Wildman–Crippen MR) is 132 cm³/mol. The van der Waals surface area contributed by atoms with E-state index < -0.39 is 5.92 Å². The Morgan fingerprint density at radius 3 is 2.19 bits per heavy atom. The topological polar surface area (TPSA) is 38.4 Å². The number of hydrogen-bond donors (Lipinski definition) is 1. The fourth-order valence-corrected chi connectivity index (χ4v) is 3.62. The number of aliphatic imine (C=N–C) groups is 1. The molecule has 164 valence electrons. The molecule has 0 aromatic heterocycles. The highest BCUT2D eigenvalue weighted by Crippen LogP contribution is 2.37. The Morgan fingerprint density at radius 2 is 1.59 bits per heavy atom. The van der Waals surface area contributed by atoms with Crippen LogP contribution in [-0.2, 0) is 5.92 Å². The monoisotopic (exact) mass is 430 g/mol. The van der Waals surface area contributed by atoms with Gasteiger partial charge in [-0.3, -0.25) is 4.99 Å². The smallest absolute Gasteiger partial charge is 0.270 e. The molecule has 0 atom stereocenters. The summed E-state index contributed by atoms with van der Waals surface area (Å²) in [5.41, 5.74) is 13.5. The van der Waals surface area contributed by atoms with Crippen LogP contribution in [0.3, 0.4) is 0 Å². The van der Waals surface area contributed by atoms with Crippen molar-refractivity contribution in [3.05, 3.63) is 102 Å². The summed E-state index contributed by atoms with van der Waals surface area (Å²) in [7, 11) is 0. The molecule has 0 aliphatic rings. The van der Waals surface area contributed by atoms with Gasteiger partial charge in [0.05, 0.1) is 5.69 Å². The van der Waals surface area contributed by atoms with E-state index in [1.807, 2.05) is 63.2 Å². The lowest BCUT2D eigenvalue weighted by Crippen LogP contribution is -2.09. The molecule has 0 unspecified atom stereocenters. The Balaban J connectivity index is 2.30. The molecular formula is C28H28F2N2. The van der Waals surface area contributed by atoms with E-state index in [4.69, 9.17) is 10.7 Å². The summed E-state index contributed by atoms with van der Waals surface area (Å²) in [5.74, 6) is -2.97. The molecule has 0 radical (unpaired) electrons. The molecule has 3 aromatic rings. The number of hydrogen-bond acceptors (Lipinski definition) is 2. The number of nitrogens with two attached hydrogens (primary N) is 1. The number of alkyl halides is 2. The van der Waals surface area contributed by atoms with Gasteiger partial charge in [-0.05, 0) is 66.8 Å². The highest BCUT2D eigenvalue weighted by atomic mass is 19.3. The van der Waals surface area contributed by atoms with Gasteiger partial charge in [0.2, 0.25) is 0 Å². The van der Waals surface area contributed by atoms with Crippen molar-refractivity contribution in [1.29, 1.82) is 0 Å². The third kappa shape index (κ3) is 4.86. The predicted octanol–water partition coefficient (Wildman–Crippen LogP) is 7.88. The van der Waals surface area contributed by atoms with Crippen LogP contribution in [0.15, 0.2) is 78.8 Å². The molecule has 2 N–H and O–H groups in total. The fourth-order valence-electron chi connectivity index (χ4n) is 3.62. The molecule has 3 rings (SSSR count). The first-order valence-corrected chi connectivity index (χ1v) is 10.4. The van der Waals surface area contributed by atoms with Crippen molar-refractivity contribution in [2.24, 2.45) is 10.7 Å². The average Bonchev–Trinajstić information content (AvgIpc) is 2.73. The van der Waals surface area contributed by atoms with Crippen molar-refractivity contribution in [2.45, 2.75) is 33.6 Å². The zero-order valence-corrected chi connectivity index (χ0v) is 19.0. The van der Waals surface area contributed by atoms with Gasteiger partial charge in [0.25, 0.3) is 5.92 Å². The largest absolute Gasteiger partial charge is 0.399 e. The maximum absolute atomic E-state index is 14.2. The maximum Gasteiger partial charge on any atom is 0.270 e. The number of halogens is 2. The number of rotatable bonds is 6. The van der Waals surface area contributed by atoms with Crippen molar-refractivity contribution in [2.75, 3.05) is 0 Å². The minimum atomic E-state index is -2.97. The van der Waals surface area contributed by atoms with Gasteiger partial charge in [0.1, 0.15) is 0 Å². The molecule has 0 amide bonds. The number of para-hydroxylation sites is 1. The lowest BCUT2D eigenvalue weighted by Gasteiger charge is -2.19. The number of nitrogens with zero attached hydrogens (tertiary/aromatic N) is 1. The van der Waals surface area contributed by atoms with E-state index in [1.54, 1.807) is 12.1 Å². The molecule has 0 saturated heterocycles. The molecule has 0 aliphatic carbocycles. The highest BCUT2D eigenvalue weighted by Gasteiger charge is 2.26. The molecule has 0 aliphatic heterocycles. The van der Waals surface area contributed by atoms with Gasteiger partial charge in [-0.25, -0.2) is 8.78 Å². The zero-order valence-electron chi connectivity index (χ0n) is 19.0. The van der Waals surface area contributed by atoms with E-state index >= 15 is 0 Å². The molecule has 2 nitrogen and oxygen atoms in total. The molecule has 4 heteroatoms. The minimum Gasteiger partial charge on any atom is -0.399 e. The van der Waals surface area contributed by atoms with E-state index in [-0.39, 0.29) is 5.56 Å². The number of aryl methyl sites for hydroxylation is 1. The molecule has 0 fully saturated rings. The van der Waals surface area contributed by atoms with Crippen LogP contribution in [0.5, 0.6) is 0 Å². The first-order valence-electron chi connectivity index (χ1n) is 10.4. The van der Waals surface area contributed by atoms with E-state index in [1.165, 1.54) is 6.07 Å². The Hall–Kier alpha value is -3.53. The summed E-state index contributed by atoms with van der Waals surface area (Å²) in [4.78, 5) is 4.80. The van der Waals surface area contributed by atoms with Crippen molar-refractivity contribution < 1.29 is 8.78 Å². The quantitative estimate of drug-likeness (QED) is 0.397. The molecule has 32 heavy (non-hydrogen) atoms. The maximum atomic E-state index is 14.2. The van der Waals surface area contributed by atoms with Gasteiger partial charge in [-0.2, -0.15) is 0 Å². The summed E-state index contributed by atoms with van der Waals surface area (Å²) in [5, 5.41) is 0. The van der Waals surface area contributed by atoms with Gasteiger partial charge in [0, 0.05) is 29.5 Å². The zero-order chi connectivity index (χ0) is 23.6. The van der Waals surface area contributed by atoms with Gasteiger partial charge < -0.3 is 5.73 Å². The summed E-state index contributed by atoms with van der Waals surface area (Å²) in [6.45, 7) is 14.6. The van der Waals surface area contributed by atoms with Crippen LogP contribution < -0.4 is 5.73 Å². The van der Waals surface area contributed by atoms with Crippen LogP contribution in [0.4, 0.5) is 14.5 Å². The summed E-state index contributed by atoms with van der Waals surface area (Å²) in [6, 6.07) is 18.2. The van der Waals surface area contributed by atoms with E-state index in [0.717, 1.165) is 51.7 Å². The van der Waals surface area contributed by atoms with Crippen LogP contribution in [-0.4, -0.2) is 5.71 Å². The molecule has 0 spiro atoms. The molecule has 0 heterocycles. The van der Waals surface area contributed by atoms with Crippen LogP contribution in [0.2, 0.25) is 0 Å². The van der Waals surface area contributed by atoms with Crippen LogP contribution in [0.1, 0.15) is 48.6 Å². The van der Waals surface area contributed by atoms with Crippen LogP contribution in [0.25, 0.3) is 22.4 Å². The van der Waals surface area contributed by atoms with Crippen molar-refractivity contribution >= 4 is 22.7 Å². The molecular weight excluding hydrogens is 402 g/mol. The fraction of sp³-hybridized carbons (Fsp3) is 0.179. The normalized spacial score (nSPS) is 12.0. The number of benzene rings is 3. The number of allylic oxidation sites excluding steroid dienone is 1. The second-order valence-electron chi connectivity index (χ2n) is 8.20. The Kier molecular flexibility index (Phi) is 6.45. The minimum absolute atomic E-state index is 0.0556. The standard InChI is InChI=1S/C28H28F2N2/c1-17(2)25-15-21(19(4)31)11-13-24(25)26-16-22(28(6,29)30)12-14-23(26)20(5)32-27-10-8-7-9-18(27)3/h7-16H,1,4,31H2,2-3,5-6H3. The van der Waals surface area contributed by atoms with Crippen LogP contribution in [0, 0.1) is 6.92 Å². The average molecular weight is 431 g/mol. The summed E-state index contributed by atoms with van der Waals surface area (Å²) in [6.07, 6.45) is 0.